The highest BCUT2D eigenvalue weighted by atomic mass is 16.5. The second-order valence-electron chi connectivity index (χ2n) is 3.67. The Hall–Kier alpha value is -0.900. The van der Waals surface area contributed by atoms with Crippen molar-refractivity contribution < 1.29 is 9.47 Å². The summed E-state index contributed by atoms with van der Waals surface area (Å²) >= 11 is 0. The zero-order valence-electron chi connectivity index (χ0n) is 10.2. The molecule has 16 heavy (non-hydrogen) atoms. The molecule has 0 atom stereocenters. The first-order valence-electron chi connectivity index (χ1n) is 5.66. The molecule has 0 aliphatic carbocycles. The first-order chi connectivity index (χ1) is 7.88. The molecule has 0 saturated heterocycles. The highest BCUT2D eigenvalue weighted by Gasteiger charge is 2.01. The van der Waals surface area contributed by atoms with Gasteiger partial charge in [0.25, 0.3) is 0 Å². The van der Waals surface area contributed by atoms with Crippen LogP contribution in [0.1, 0.15) is 11.1 Å². The Labute approximate surface area is 97.8 Å². The van der Waals surface area contributed by atoms with Gasteiger partial charge >= 0.3 is 0 Å². The van der Waals surface area contributed by atoms with E-state index in [1.807, 2.05) is 7.05 Å². The highest BCUT2D eigenvalue weighted by molar-refractivity contribution is 5.26. The van der Waals surface area contributed by atoms with Gasteiger partial charge in [0, 0.05) is 7.11 Å². The summed E-state index contributed by atoms with van der Waals surface area (Å²) in [6, 6.07) is 8.41. The first-order valence-corrected chi connectivity index (χ1v) is 5.66. The van der Waals surface area contributed by atoms with Gasteiger partial charge in [0.15, 0.2) is 0 Å². The normalized spacial score (nSPS) is 10.6. The minimum absolute atomic E-state index is 0.650. The molecule has 0 unspecified atom stereocenters. The number of rotatable bonds is 8. The number of hydrogen-bond donors (Lipinski definition) is 1. The number of nitrogens with one attached hydrogen (secondary N) is 1. The summed E-state index contributed by atoms with van der Waals surface area (Å²) in [6.45, 7) is 2.97. The van der Waals surface area contributed by atoms with Crippen LogP contribution in [0.25, 0.3) is 0 Å². The number of likely N-dealkylation sites (N-methyl/N-ethyl adjacent to an activating group) is 1. The molecular formula is C13H21NO2. The van der Waals surface area contributed by atoms with E-state index in [0.29, 0.717) is 19.8 Å². The molecule has 0 aliphatic rings. The topological polar surface area (TPSA) is 30.5 Å². The largest absolute Gasteiger partial charge is 0.382 e. The summed E-state index contributed by atoms with van der Waals surface area (Å²) in [4.78, 5) is 0. The van der Waals surface area contributed by atoms with Crippen LogP contribution in [0.3, 0.4) is 0 Å². The monoisotopic (exact) mass is 223 g/mol. The van der Waals surface area contributed by atoms with Crippen LogP contribution in [-0.2, 0) is 22.5 Å². The van der Waals surface area contributed by atoms with Crippen molar-refractivity contribution in [2.75, 3.05) is 33.9 Å². The maximum atomic E-state index is 5.54. The van der Waals surface area contributed by atoms with E-state index >= 15 is 0 Å². The Morgan fingerprint density at radius 1 is 1.12 bits per heavy atom. The average molecular weight is 223 g/mol. The predicted molar refractivity (Wildman–Crippen MR) is 65.6 cm³/mol. The third-order valence-corrected chi connectivity index (χ3v) is 2.45. The second-order valence-corrected chi connectivity index (χ2v) is 3.67. The van der Waals surface area contributed by atoms with E-state index in [9.17, 15) is 0 Å². The summed E-state index contributed by atoms with van der Waals surface area (Å²) < 4.78 is 10.5. The lowest BCUT2D eigenvalue weighted by atomic mass is 10.1. The van der Waals surface area contributed by atoms with E-state index in [2.05, 4.69) is 29.6 Å². The number of ether oxygens (including phenoxy) is 2. The van der Waals surface area contributed by atoms with Crippen molar-refractivity contribution in [3.05, 3.63) is 35.4 Å². The molecule has 0 heterocycles. The lowest BCUT2D eigenvalue weighted by Crippen LogP contribution is -2.12. The molecule has 0 saturated carbocycles. The van der Waals surface area contributed by atoms with Crippen molar-refractivity contribution >= 4 is 0 Å². The van der Waals surface area contributed by atoms with Gasteiger partial charge in [0.1, 0.15) is 0 Å². The van der Waals surface area contributed by atoms with Gasteiger partial charge in [-0.3, -0.25) is 0 Å². The molecule has 0 bridgehead atoms. The van der Waals surface area contributed by atoms with Crippen molar-refractivity contribution in [2.24, 2.45) is 0 Å². The Morgan fingerprint density at radius 2 is 1.88 bits per heavy atom. The quantitative estimate of drug-likeness (QED) is 0.679. The fraction of sp³-hybridized carbons (Fsp3) is 0.538. The van der Waals surface area contributed by atoms with Crippen LogP contribution in [0.4, 0.5) is 0 Å². The molecular weight excluding hydrogens is 202 g/mol. The maximum Gasteiger partial charge on any atom is 0.0720 e. The van der Waals surface area contributed by atoms with E-state index < -0.39 is 0 Å². The minimum atomic E-state index is 0.650. The van der Waals surface area contributed by atoms with Crippen LogP contribution in [-0.4, -0.2) is 33.9 Å². The van der Waals surface area contributed by atoms with Crippen LogP contribution in [0, 0.1) is 0 Å². The van der Waals surface area contributed by atoms with Crippen molar-refractivity contribution in [3.8, 4) is 0 Å². The molecule has 1 aromatic carbocycles. The molecule has 0 radical (unpaired) electrons. The lowest BCUT2D eigenvalue weighted by molar-refractivity contribution is 0.0613. The fourth-order valence-corrected chi connectivity index (χ4v) is 1.53. The predicted octanol–water partition coefficient (Wildman–Crippen LogP) is 1.61. The van der Waals surface area contributed by atoms with Crippen molar-refractivity contribution in [3.63, 3.8) is 0 Å². The number of benzene rings is 1. The standard InChI is InChI=1S/C13H21NO2/c1-14-8-7-12-5-3-4-6-13(12)11-16-10-9-15-2/h3-6,14H,7-11H2,1-2H3. The van der Waals surface area contributed by atoms with E-state index in [-0.39, 0.29) is 0 Å². The molecule has 1 aromatic rings. The van der Waals surface area contributed by atoms with E-state index in [1.165, 1.54) is 11.1 Å². The van der Waals surface area contributed by atoms with E-state index in [0.717, 1.165) is 13.0 Å². The second kappa shape index (κ2) is 8.28. The summed E-state index contributed by atoms with van der Waals surface area (Å²) in [7, 11) is 3.65. The van der Waals surface area contributed by atoms with Gasteiger partial charge in [0.05, 0.1) is 19.8 Å². The average Bonchev–Trinajstić information content (AvgIpc) is 2.33. The van der Waals surface area contributed by atoms with Crippen LogP contribution < -0.4 is 5.32 Å². The third kappa shape index (κ3) is 4.75. The molecule has 90 valence electrons. The molecule has 0 aromatic heterocycles. The van der Waals surface area contributed by atoms with Crippen molar-refractivity contribution in [1.29, 1.82) is 0 Å². The maximum absolute atomic E-state index is 5.54. The van der Waals surface area contributed by atoms with Gasteiger partial charge in [0.2, 0.25) is 0 Å². The SMILES string of the molecule is CNCCc1ccccc1COCCOC. The van der Waals surface area contributed by atoms with Gasteiger partial charge in [-0.05, 0) is 31.1 Å². The van der Waals surface area contributed by atoms with Crippen molar-refractivity contribution in [1.82, 2.24) is 5.32 Å². The molecule has 3 nitrogen and oxygen atoms in total. The highest BCUT2D eigenvalue weighted by Crippen LogP contribution is 2.10. The van der Waals surface area contributed by atoms with Crippen LogP contribution in [0.5, 0.6) is 0 Å². The zero-order chi connectivity index (χ0) is 11.6. The summed E-state index contributed by atoms with van der Waals surface area (Å²) in [5.74, 6) is 0. The lowest BCUT2D eigenvalue weighted by Gasteiger charge is -2.09. The van der Waals surface area contributed by atoms with Crippen molar-refractivity contribution in [2.45, 2.75) is 13.0 Å². The van der Waals surface area contributed by atoms with Crippen LogP contribution >= 0.6 is 0 Å². The Kier molecular flexibility index (Phi) is 6.81. The third-order valence-electron chi connectivity index (χ3n) is 2.45. The van der Waals surface area contributed by atoms with E-state index in [4.69, 9.17) is 9.47 Å². The molecule has 0 fully saturated rings. The Morgan fingerprint density at radius 3 is 2.56 bits per heavy atom. The Balaban J connectivity index is 2.43. The van der Waals surface area contributed by atoms with Gasteiger partial charge in [-0.15, -0.1) is 0 Å². The summed E-state index contributed by atoms with van der Waals surface area (Å²) in [5, 5.41) is 3.16. The molecule has 0 aliphatic heterocycles. The van der Waals surface area contributed by atoms with Gasteiger partial charge < -0.3 is 14.8 Å². The smallest absolute Gasteiger partial charge is 0.0720 e. The van der Waals surface area contributed by atoms with Gasteiger partial charge in [-0.1, -0.05) is 24.3 Å². The van der Waals surface area contributed by atoms with Crippen LogP contribution in [0.2, 0.25) is 0 Å². The summed E-state index contributed by atoms with van der Waals surface area (Å²) in [6.07, 6.45) is 1.04. The van der Waals surface area contributed by atoms with Crippen LogP contribution in [0.15, 0.2) is 24.3 Å². The summed E-state index contributed by atoms with van der Waals surface area (Å²) in [5.41, 5.74) is 2.63. The first kappa shape index (κ1) is 13.2. The Bertz CT molecular complexity index is 289. The molecule has 0 spiro atoms. The fourth-order valence-electron chi connectivity index (χ4n) is 1.53. The molecule has 1 N–H and O–H groups in total. The zero-order valence-corrected chi connectivity index (χ0v) is 10.2. The van der Waals surface area contributed by atoms with E-state index in [1.54, 1.807) is 7.11 Å². The number of hydrogen-bond acceptors (Lipinski definition) is 3. The molecule has 3 heteroatoms. The van der Waals surface area contributed by atoms with Gasteiger partial charge in [-0.25, -0.2) is 0 Å². The number of methoxy groups -OCH3 is 1. The van der Waals surface area contributed by atoms with Gasteiger partial charge in [-0.2, -0.15) is 0 Å². The molecule has 0 amide bonds. The minimum Gasteiger partial charge on any atom is -0.382 e. The molecule has 1 rings (SSSR count).